The maximum absolute atomic E-state index is 13.6. The van der Waals surface area contributed by atoms with Gasteiger partial charge in [0.25, 0.3) is 0 Å². The van der Waals surface area contributed by atoms with E-state index in [4.69, 9.17) is 4.74 Å². The minimum atomic E-state index is -3.84. The number of carbonyl (C=O) groups excluding carboxylic acids is 2. The number of sulfonamides is 1. The lowest BCUT2D eigenvalue weighted by Crippen LogP contribution is -2.58. The standard InChI is InChI=1S/C30H39N3O5S/c1-2-21-38-25-18-16-23(17-19-25)22-28(31-29(34)24-11-5-3-6-12-24)32-30(35)27-15-9-10-20-33(27)39(36,37)26-13-7-4-8-14-26/h2,4,7-8,13-14,16-19,24,27-28H,1,3,5-6,9-12,15,20-22H2,(H,31,34)(H,32,35)/t27-,28-/m0/s1. The molecule has 2 aromatic rings. The zero-order chi connectivity index (χ0) is 27.7. The molecule has 1 saturated heterocycles. The average molecular weight is 554 g/mol. The smallest absolute Gasteiger partial charge is 0.243 e. The van der Waals surface area contributed by atoms with Gasteiger partial charge in [-0.25, -0.2) is 8.42 Å². The molecule has 2 atom stereocenters. The number of benzene rings is 2. The topological polar surface area (TPSA) is 105 Å². The summed E-state index contributed by atoms with van der Waals surface area (Å²) in [4.78, 5) is 26.9. The minimum absolute atomic E-state index is 0.0663. The van der Waals surface area contributed by atoms with Gasteiger partial charge in [0, 0.05) is 18.9 Å². The lowest BCUT2D eigenvalue weighted by Gasteiger charge is -2.35. The van der Waals surface area contributed by atoms with E-state index in [-0.39, 0.29) is 23.3 Å². The van der Waals surface area contributed by atoms with Crippen LogP contribution >= 0.6 is 0 Å². The van der Waals surface area contributed by atoms with E-state index in [1.54, 1.807) is 36.4 Å². The van der Waals surface area contributed by atoms with E-state index in [0.717, 1.165) is 44.1 Å². The zero-order valence-electron chi connectivity index (χ0n) is 22.4. The van der Waals surface area contributed by atoms with Gasteiger partial charge in [0.15, 0.2) is 0 Å². The quantitative estimate of drug-likeness (QED) is 0.321. The minimum Gasteiger partial charge on any atom is -0.490 e. The molecule has 1 aliphatic heterocycles. The van der Waals surface area contributed by atoms with E-state index in [1.807, 2.05) is 24.3 Å². The van der Waals surface area contributed by atoms with Crippen LogP contribution in [0.2, 0.25) is 0 Å². The number of ether oxygens (including phenoxy) is 1. The van der Waals surface area contributed by atoms with Crippen molar-refractivity contribution in [2.45, 2.75) is 74.9 Å². The summed E-state index contributed by atoms with van der Waals surface area (Å²) in [6.45, 7) is 4.34. The summed E-state index contributed by atoms with van der Waals surface area (Å²) in [5, 5.41) is 6.04. The Hall–Kier alpha value is -3.17. The first-order chi connectivity index (χ1) is 18.9. The molecule has 0 unspecified atom stereocenters. The highest BCUT2D eigenvalue weighted by molar-refractivity contribution is 7.89. The molecule has 4 rings (SSSR count). The molecule has 2 N–H and O–H groups in total. The molecular weight excluding hydrogens is 514 g/mol. The second kappa shape index (κ2) is 13.8. The summed E-state index contributed by atoms with van der Waals surface area (Å²) >= 11 is 0. The Kier molecular flexibility index (Phi) is 10.2. The predicted molar refractivity (Wildman–Crippen MR) is 150 cm³/mol. The van der Waals surface area contributed by atoms with Crippen molar-refractivity contribution >= 4 is 21.8 Å². The largest absolute Gasteiger partial charge is 0.490 e. The molecule has 2 fully saturated rings. The first-order valence-electron chi connectivity index (χ1n) is 13.9. The molecule has 2 aliphatic rings. The average Bonchev–Trinajstić information content (AvgIpc) is 2.97. The fourth-order valence-electron chi connectivity index (χ4n) is 5.36. The van der Waals surface area contributed by atoms with Crippen molar-refractivity contribution in [1.82, 2.24) is 14.9 Å². The molecule has 1 heterocycles. The van der Waals surface area contributed by atoms with Gasteiger partial charge in [-0.3, -0.25) is 9.59 Å². The highest BCUT2D eigenvalue weighted by Gasteiger charge is 2.38. The first-order valence-corrected chi connectivity index (χ1v) is 15.3. The van der Waals surface area contributed by atoms with Gasteiger partial charge in [-0.1, -0.05) is 68.7 Å². The number of hydrogen-bond donors (Lipinski definition) is 2. The number of nitrogens with one attached hydrogen (secondary N) is 2. The van der Waals surface area contributed by atoms with Crippen LogP contribution in [0.3, 0.4) is 0 Å². The third-order valence-corrected chi connectivity index (χ3v) is 9.37. The van der Waals surface area contributed by atoms with Crippen LogP contribution in [0.15, 0.2) is 72.1 Å². The van der Waals surface area contributed by atoms with E-state index < -0.39 is 28.1 Å². The molecule has 2 aromatic carbocycles. The van der Waals surface area contributed by atoms with Crippen LogP contribution in [0.25, 0.3) is 0 Å². The van der Waals surface area contributed by atoms with Crippen LogP contribution in [0.4, 0.5) is 0 Å². The van der Waals surface area contributed by atoms with Crippen molar-refractivity contribution in [3.63, 3.8) is 0 Å². The molecule has 0 spiro atoms. The maximum Gasteiger partial charge on any atom is 0.243 e. The summed E-state index contributed by atoms with van der Waals surface area (Å²) in [5.41, 5.74) is 0.910. The van der Waals surface area contributed by atoms with E-state index in [9.17, 15) is 18.0 Å². The van der Waals surface area contributed by atoms with Gasteiger partial charge in [-0.2, -0.15) is 4.31 Å². The van der Waals surface area contributed by atoms with Gasteiger partial charge >= 0.3 is 0 Å². The lowest BCUT2D eigenvalue weighted by molar-refractivity contribution is -0.129. The Bertz CT molecular complexity index is 1210. The Morgan fingerprint density at radius 3 is 2.28 bits per heavy atom. The van der Waals surface area contributed by atoms with Gasteiger partial charge in [0.2, 0.25) is 21.8 Å². The molecule has 1 saturated carbocycles. The number of amides is 2. The molecule has 8 nitrogen and oxygen atoms in total. The van der Waals surface area contributed by atoms with Gasteiger partial charge < -0.3 is 15.4 Å². The van der Waals surface area contributed by atoms with Crippen molar-refractivity contribution in [1.29, 1.82) is 0 Å². The van der Waals surface area contributed by atoms with Crippen LogP contribution in [0, 0.1) is 5.92 Å². The van der Waals surface area contributed by atoms with Gasteiger partial charge in [-0.05, 0) is 55.5 Å². The van der Waals surface area contributed by atoms with Crippen molar-refractivity contribution in [3.8, 4) is 5.75 Å². The highest BCUT2D eigenvalue weighted by atomic mass is 32.2. The fraction of sp³-hybridized carbons (Fsp3) is 0.467. The van der Waals surface area contributed by atoms with E-state index in [2.05, 4.69) is 17.2 Å². The monoisotopic (exact) mass is 553 g/mol. The zero-order valence-corrected chi connectivity index (χ0v) is 23.2. The number of carbonyl (C=O) groups is 2. The number of piperidine rings is 1. The molecule has 2 amide bonds. The normalized spacial score (nSPS) is 19.5. The van der Waals surface area contributed by atoms with Crippen LogP contribution in [-0.2, 0) is 26.0 Å². The molecule has 9 heteroatoms. The summed E-state index contributed by atoms with van der Waals surface area (Å²) in [7, 11) is -3.84. The second-order valence-electron chi connectivity index (χ2n) is 10.3. The van der Waals surface area contributed by atoms with Crippen LogP contribution in [0.1, 0.15) is 56.9 Å². The number of rotatable bonds is 11. The highest BCUT2D eigenvalue weighted by Crippen LogP contribution is 2.26. The fourth-order valence-corrected chi connectivity index (χ4v) is 7.03. The molecule has 0 aromatic heterocycles. The summed E-state index contributed by atoms with van der Waals surface area (Å²) < 4.78 is 33.7. The van der Waals surface area contributed by atoms with E-state index in [1.165, 1.54) is 4.31 Å². The Labute approximate surface area is 231 Å². The van der Waals surface area contributed by atoms with Gasteiger partial charge in [-0.15, -0.1) is 0 Å². The predicted octanol–water partition coefficient (Wildman–Crippen LogP) is 4.18. The third-order valence-electron chi connectivity index (χ3n) is 7.45. The molecule has 0 bridgehead atoms. The molecule has 39 heavy (non-hydrogen) atoms. The van der Waals surface area contributed by atoms with Gasteiger partial charge in [0.1, 0.15) is 24.6 Å². The van der Waals surface area contributed by atoms with Crippen LogP contribution in [0.5, 0.6) is 5.75 Å². The Balaban J connectivity index is 1.51. The van der Waals surface area contributed by atoms with E-state index >= 15 is 0 Å². The second-order valence-corrected chi connectivity index (χ2v) is 12.2. The van der Waals surface area contributed by atoms with E-state index in [0.29, 0.717) is 31.6 Å². The van der Waals surface area contributed by atoms with Gasteiger partial charge in [0.05, 0.1) is 4.90 Å². The summed E-state index contributed by atoms with van der Waals surface area (Å²) in [5.74, 6) is 0.171. The summed E-state index contributed by atoms with van der Waals surface area (Å²) in [6.07, 6.45) is 8.11. The Morgan fingerprint density at radius 2 is 1.59 bits per heavy atom. The lowest BCUT2D eigenvalue weighted by atomic mass is 9.88. The molecule has 210 valence electrons. The number of hydrogen-bond acceptors (Lipinski definition) is 5. The SMILES string of the molecule is C=CCOc1ccc(C[C@@H](NC(=O)C2CCCCC2)NC(=O)[C@@H]2CCCCN2S(=O)(=O)c2ccccc2)cc1. The van der Waals surface area contributed by atoms with Crippen molar-refractivity contribution in [3.05, 3.63) is 72.8 Å². The van der Waals surface area contributed by atoms with Crippen LogP contribution in [-0.4, -0.2) is 49.9 Å². The van der Waals surface area contributed by atoms with Crippen LogP contribution < -0.4 is 15.4 Å². The van der Waals surface area contributed by atoms with Crippen molar-refractivity contribution < 1.29 is 22.7 Å². The molecular formula is C30H39N3O5S. The maximum atomic E-state index is 13.6. The molecule has 1 aliphatic carbocycles. The Morgan fingerprint density at radius 1 is 0.923 bits per heavy atom. The molecule has 0 radical (unpaired) electrons. The van der Waals surface area contributed by atoms with Crippen molar-refractivity contribution in [2.75, 3.05) is 13.2 Å². The summed E-state index contributed by atoms with van der Waals surface area (Å²) in [6, 6.07) is 14.9. The van der Waals surface area contributed by atoms with Crippen molar-refractivity contribution in [2.24, 2.45) is 5.92 Å². The third kappa shape index (κ3) is 7.70. The first kappa shape index (κ1) is 28.8. The number of nitrogens with zero attached hydrogens (tertiary/aromatic N) is 1.